The van der Waals surface area contributed by atoms with E-state index in [0.29, 0.717) is 13.2 Å². The van der Waals surface area contributed by atoms with Gasteiger partial charge in [0.2, 0.25) is 5.91 Å². The van der Waals surface area contributed by atoms with Gasteiger partial charge in [0.05, 0.1) is 19.3 Å². The zero-order valence-electron chi connectivity index (χ0n) is 8.31. The number of carbonyl (C=O) groups excluding carboxylic acids is 1. The van der Waals surface area contributed by atoms with E-state index in [1.54, 1.807) is 4.90 Å². The number of fused-ring (bicyclic) bond motifs is 1. The molecule has 0 aliphatic carbocycles. The normalized spacial score (nSPS) is 30.9. The predicted octanol–water partition coefficient (Wildman–Crippen LogP) is -0.356. The molecule has 2 fully saturated rings. The maximum atomic E-state index is 11.9. The second kappa shape index (κ2) is 4.06. The van der Waals surface area contributed by atoms with Crippen molar-refractivity contribution in [3.63, 3.8) is 0 Å². The zero-order valence-corrected chi connectivity index (χ0v) is 8.31. The van der Waals surface area contributed by atoms with E-state index in [1.807, 2.05) is 0 Å². The van der Waals surface area contributed by atoms with Crippen molar-refractivity contribution in [3.05, 3.63) is 0 Å². The van der Waals surface area contributed by atoms with Crippen LogP contribution >= 0.6 is 0 Å². The SMILES string of the molecule is O=C(O)N[C@H]1COC[C@@H]2CCCN2C1=O. The third kappa shape index (κ3) is 2.04. The summed E-state index contributed by atoms with van der Waals surface area (Å²) in [5.74, 6) is -0.155. The first-order valence-corrected chi connectivity index (χ1v) is 5.06. The first-order valence-electron chi connectivity index (χ1n) is 5.06. The lowest BCUT2D eigenvalue weighted by Gasteiger charge is -2.23. The molecule has 2 rings (SSSR count). The minimum Gasteiger partial charge on any atom is -0.465 e. The first-order chi connectivity index (χ1) is 7.18. The van der Waals surface area contributed by atoms with Crippen LogP contribution in [-0.2, 0) is 9.53 Å². The summed E-state index contributed by atoms with van der Waals surface area (Å²) in [6, 6.07) is -0.608. The topological polar surface area (TPSA) is 78.9 Å². The molecule has 2 aliphatic rings. The monoisotopic (exact) mass is 214 g/mol. The Morgan fingerprint density at radius 2 is 2.33 bits per heavy atom. The van der Waals surface area contributed by atoms with E-state index in [-0.39, 0.29) is 18.6 Å². The highest BCUT2D eigenvalue weighted by Crippen LogP contribution is 2.20. The molecule has 2 heterocycles. The van der Waals surface area contributed by atoms with Gasteiger partial charge in [-0.2, -0.15) is 0 Å². The van der Waals surface area contributed by atoms with Gasteiger partial charge in [-0.3, -0.25) is 4.79 Å². The number of carbonyl (C=O) groups is 2. The molecule has 0 aromatic carbocycles. The quantitative estimate of drug-likeness (QED) is 0.625. The van der Waals surface area contributed by atoms with Crippen molar-refractivity contribution < 1.29 is 19.4 Å². The summed E-state index contributed by atoms with van der Waals surface area (Å²) in [6.45, 7) is 1.37. The molecule has 2 atom stereocenters. The summed E-state index contributed by atoms with van der Waals surface area (Å²) in [5, 5.41) is 10.8. The Labute approximate surface area is 87.2 Å². The number of amides is 2. The molecule has 0 aromatic heterocycles. The number of carboxylic acid groups (broad SMARTS) is 1. The highest BCUT2D eigenvalue weighted by Gasteiger charge is 2.36. The molecule has 0 saturated carbocycles. The number of hydrogen-bond donors (Lipinski definition) is 2. The van der Waals surface area contributed by atoms with Crippen LogP contribution < -0.4 is 5.32 Å². The number of rotatable bonds is 1. The molecule has 0 bridgehead atoms. The predicted molar refractivity (Wildman–Crippen MR) is 50.5 cm³/mol. The van der Waals surface area contributed by atoms with E-state index in [4.69, 9.17) is 9.84 Å². The lowest BCUT2D eigenvalue weighted by atomic mass is 10.2. The Bertz CT molecular complexity index is 281. The van der Waals surface area contributed by atoms with Crippen LogP contribution in [0.3, 0.4) is 0 Å². The van der Waals surface area contributed by atoms with Gasteiger partial charge in [0.15, 0.2) is 0 Å². The zero-order chi connectivity index (χ0) is 10.8. The Morgan fingerprint density at radius 3 is 3.07 bits per heavy atom. The molecular formula is C9H14N2O4. The van der Waals surface area contributed by atoms with E-state index in [1.165, 1.54) is 0 Å². The summed E-state index contributed by atoms with van der Waals surface area (Å²) >= 11 is 0. The number of nitrogens with zero attached hydrogens (tertiary/aromatic N) is 1. The highest BCUT2D eigenvalue weighted by atomic mass is 16.5. The average Bonchev–Trinajstić information content (AvgIpc) is 2.58. The van der Waals surface area contributed by atoms with Crippen molar-refractivity contribution in [1.82, 2.24) is 10.2 Å². The summed E-state index contributed by atoms with van der Waals surface area (Å²) < 4.78 is 5.30. The van der Waals surface area contributed by atoms with Crippen LogP contribution in [0, 0.1) is 0 Å². The molecule has 2 saturated heterocycles. The van der Waals surface area contributed by atoms with Crippen LogP contribution in [0.15, 0.2) is 0 Å². The van der Waals surface area contributed by atoms with Crippen molar-refractivity contribution in [2.24, 2.45) is 0 Å². The van der Waals surface area contributed by atoms with Gasteiger partial charge in [0.25, 0.3) is 0 Å². The maximum absolute atomic E-state index is 11.9. The van der Waals surface area contributed by atoms with Crippen LogP contribution in [0.2, 0.25) is 0 Å². The Morgan fingerprint density at radius 1 is 1.53 bits per heavy atom. The average molecular weight is 214 g/mol. The van der Waals surface area contributed by atoms with Crippen LogP contribution in [0.25, 0.3) is 0 Å². The third-order valence-corrected chi connectivity index (χ3v) is 2.85. The van der Waals surface area contributed by atoms with Crippen molar-refractivity contribution in [3.8, 4) is 0 Å². The molecule has 2 N–H and O–H groups in total. The van der Waals surface area contributed by atoms with E-state index in [9.17, 15) is 9.59 Å². The number of hydrogen-bond acceptors (Lipinski definition) is 3. The molecule has 15 heavy (non-hydrogen) atoms. The van der Waals surface area contributed by atoms with Crippen molar-refractivity contribution in [1.29, 1.82) is 0 Å². The molecule has 6 nitrogen and oxygen atoms in total. The van der Waals surface area contributed by atoms with Crippen LogP contribution in [-0.4, -0.2) is 53.8 Å². The van der Waals surface area contributed by atoms with Gasteiger partial charge in [0.1, 0.15) is 6.04 Å². The minimum absolute atomic E-state index is 0.137. The van der Waals surface area contributed by atoms with Crippen molar-refractivity contribution >= 4 is 12.0 Å². The molecule has 0 radical (unpaired) electrons. The first kappa shape index (κ1) is 10.2. The fourth-order valence-electron chi connectivity index (χ4n) is 2.14. The van der Waals surface area contributed by atoms with E-state index in [2.05, 4.69) is 5.32 Å². The summed E-state index contributed by atoms with van der Waals surface area (Å²) in [6.07, 6.45) is 0.736. The summed E-state index contributed by atoms with van der Waals surface area (Å²) in [5.41, 5.74) is 0. The van der Waals surface area contributed by atoms with E-state index >= 15 is 0 Å². The fourth-order valence-corrected chi connectivity index (χ4v) is 2.14. The Balaban J connectivity index is 2.07. The van der Waals surface area contributed by atoms with Crippen molar-refractivity contribution in [2.45, 2.75) is 24.9 Å². The second-order valence-electron chi connectivity index (χ2n) is 3.87. The number of nitrogens with one attached hydrogen (secondary N) is 1. The largest absolute Gasteiger partial charge is 0.465 e. The van der Waals surface area contributed by atoms with Gasteiger partial charge < -0.3 is 20.1 Å². The lowest BCUT2D eigenvalue weighted by Crippen LogP contribution is -2.49. The molecule has 2 aliphatic heterocycles. The van der Waals surface area contributed by atoms with Gasteiger partial charge in [-0.1, -0.05) is 0 Å². The van der Waals surface area contributed by atoms with E-state index < -0.39 is 12.1 Å². The van der Waals surface area contributed by atoms with Gasteiger partial charge in [0, 0.05) is 6.54 Å². The highest BCUT2D eigenvalue weighted by molar-refractivity contribution is 5.86. The molecule has 84 valence electrons. The molecule has 0 unspecified atom stereocenters. The van der Waals surface area contributed by atoms with Crippen LogP contribution in [0.4, 0.5) is 4.79 Å². The summed E-state index contributed by atoms with van der Waals surface area (Å²) in [4.78, 5) is 24.1. The Kier molecular flexibility index (Phi) is 2.77. The molecule has 0 spiro atoms. The molecular weight excluding hydrogens is 200 g/mol. The van der Waals surface area contributed by atoms with Gasteiger partial charge in [-0.25, -0.2) is 4.79 Å². The molecule has 6 heteroatoms. The second-order valence-corrected chi connectivity index (χ2v) is 3.87. The third-order valence-electron chi connectivity index (χ3n) is 2.85. The maximum Gasteiger partial charge on any atom is 0.405 e. The minimum atomic E-state index is -1.19. The Hall–Kier alpha value is -1.30. The van der Waals surface area contributed by atoms with Gasteiger partial charge in [-0.15, -0.1) is 0 Å². The van der Waals surface area contributed by atoms with Gasteiger partial charge >= 0.3 is 6.09 Å². The molecule has 2 amide bonds. The van der Waals surface area contributed by atoms with Gasteiger partial charge in [-0.05, 0) is 12.8 Å². The fraction of sp³-hybridized carbons (Fsp3) is 0.778. The molecule has 0 aromatic rings. The standard InChI is InChI=1S/C9H14N2O4/c12-8-7(10-9(13)14)5-15-4-6-2-1-3-11(6)8/h6-7,10H,1-5H2,(H,13,14)/t6-,7-/m0/s1. The number of ether oxygens (including phenoxy) is 1. The van der Waals surface area contributed by atoms with Crippen LogP contribution in [0.5, 0.6) is 0 Å². The van der Waals surface area contributed by atoms with Crippen molar-refractivity contribution in [2.75, 3.05) is 19.8 Å². The lowest BCUT2D eigenvalue weighted by molar-refractivity contribution is -0.133. The van der Waals surface area contributed by atoms with Crippen LogP contribution in [0.1, 0.15) is 12.8 Å². The summed E-state index contributed by atoms with van der Waals surface area (Å²) in [7, 11) is 0. The van der Waals surface area contributed by atoms with E-state index in [0.717, 1.165) is 12.8 Å². The smallest absolute Gasteiger partial charge is 0.405 e.